The van der Waals surface area contributed by atoms with Gasteiger partial charge in [0.25, 0.3) is 0 Å². The summed E-state index contributed by atoms with van der Waals surface area (Å²) >= 11 is 0. The number of carbonyl (C=O) groups is 1. The van der Waals surface area contributed by atoms with Gasteiger partial charge >= 0.3 is 5.97 Å². The van der Waals surface area contributed by atoms with Crippen molar-refractivity contribution in [2.24, 2.45) is 0 Å². The predicted octanol–water partition coefficient (Wildman–Crippen LogP) is 4.19. The summed E-state index contributed by atoms with van der Waals surface area (Å²) in [5.41, 5.74) is 0.842. The highest BCUT2D eigenvalue weighted by Crippen LogP contribution is 2.32. The second kappa shape index (κ2) is 6.08. The van der Waals surface area contributed by atoms with Crippen molar-refractivity contribution in [3.63, 3.8) is 0 Å². The van der Waals surface area contributed by atoms with Crippen LogP contribution in [-0.4, -0.2) is 12.8 Å². The normalized spacial score (nSPS) is 12.7. The Labute approximate surface area is 138 Å². The second-order valence-corrected chi connectivity index (χ2v) is 5.38. The molecule has 0 N–H and O–H groups in total. The summed E-state index contributed by atoms with van der Waals surface area (Å²) in [6.45, 7) is 0.229. The first-order chi connectivity index (χ1) is 11.8. The monoisotopic (exact) mass is 318 g/mol. The fourth-order valence-electron chi connectivity index (χ4n) is 2.56. The number of ether oxygens (including phenoxy) is 3. The molecule has 0 aromatic heterocycles. The Morgan fingerprint density at radius 3 is 2.67 bits per heavy atom. The van der Waals surface area contributed by atoms with E-state index in [0.717, 1.165) is 16.3 Å². The highest BCUT2D eigenvalue weighted by Gasteiger charge is 2.12. The van der Waals surface area contributed by atoms with Crippen LogP contribution in [0.4, 0.5) is 0 Å². The maximum atomic E-state index is 12.0. The van der Waals surface area contributed by atoms with Crippen LogP contribution in [0.1, 0.15) is 5.56 Å². The molecule has 1 heterocycles. The molecule has 3 aromatic carbocycles. The number of benzene rings is 3. The minimum Gasteiger partial charge on any atom is -0.454 e. The maximum Gasteiger partial charge on any atom is 0.336 e. The Balaban J connectivity index is 1.47. The van der Waals surface area contributed by atoms with E-state index in [2.05, 4.69) is 0 Å². The molecule has 1 aliphatic rings. The molecule has 0 spiro atoms. The highest BCUT2D eigenvalue weighted by molar-refractivity contribution is 5.90. The number of esters is 1. The third kappa shape index (κ3) is 2.94. The van der Waals surface area contributed by atoms with Crippen molar-refractivity contribution in [1.82, 2.24) is 0 Å². The van der Waals surface area contributed by atoms with Gasteiger partial charge in [0.2, 0.25) is 6.79 Å². The predicted molar refractivity (Wildman–Crippen MR) is 91.2 cm³/mol. The van der Waals surface area contributed by atoms with Crippen molar-refractivity contribution in [3.05, 3.63) is 72.3 Å². The van der Waals surface area contributed by atoms with Crippen LogP contribution in [0.5, 0.6) is 17.2 Å². The van der Waals surface area contributed by atoms with Crippen molar-refractivity contribution in [1.29, 1.82) is 0 Å². The molecule has 0 amide bonds. The zero-order chi connectivity index (χ0) is 16.4. The average Bonchev–Trinajstić information content (AvgIpc) is 3.07. The number of hydrogen-bond donors (Lipinski definition) is 0. The molecule has 3 aromatic rings. The topological polar surface area (TPSA) is 44.8 Å². The first kappa shape index (κ1) is 14.3. The zero-order valence-corrected chi connectivity index (χ0v) is 12.8. The van der Waals surface area contributed by atoms with Gasteiger partial charge < -0.3 is 14.2 Å². The van der Waals surface area contributed by atoms with Crippen molar-refractivity contribution >= 4 is 22.8 Å². The van der Waals surface area contributed by atoms with Crippen LogP contribution in [-0.2, 0) is 4.79 Å². The zero-order valence-electron chi connectivity index (χ0n) is 12.8. The van der Waals surface area contributed by atoms with Crippen LogP contribution in [0.25, 0.3) is 16.8 Å². The lowest BCUT2D eigenvalue weighted by Gasteiger charge is -2.03. The van der Waals surface area contributed by atoms with Crippen molar-refractivity contribution in [2.75, 3.05) is 6.79 Å². The average molecular weight is 318 g/mol. The van der Waals surface area contributed by atoms with E-state index in [4.69, 9.17) is 14.2 Å². The summed E-state index contributed by atoms with van der Waals surface area (Å²) in [6.07, 6.45) is 3.08. The molecule has 4 heteroatoms. The van der Waals surface area contributed by atoms with E-state index in [-0.39, 0.29) is 6.79 Å². The van der Waals surface area contributed by atoms with Crippen LogP contribution in [0.2, 0.25) is 0 Å². The molecular weight excluding hydrogens is 304 g/mol. The Morgan fingerprint density at radius 1 is 0.917 bits per heavy atom. The van der Waals surface area contributed by atoms with Gasteiger partial charge in [-0.05, 0) is 46.7 Å². The Morgan fingerprint density at radius 2 is 1.75 bits per heavy atom. The molecule has 118 valence electrons. The molecule has 4 nitrogen and oxygen atoms in total. The molecule has 0 atom stereocenters. The van der Waals surface area contributed by atoms with E-state index in [0.29, 0.717) is 17.2 Å². The molecule has 0 bridgehead atoms. The summed E-state index contributed by atoms with van der Waals surface area (Å²) in [5.74, 6) is 1.49. The summed E-state index contributed by atoms with van der Waals surface area (Å²) in [4.78, 5) is 12.0. The van der Waals surface area contributed by atoms with Gasteiger partial charge in [-0.1, -0.05) is 36.4 Å². The highest BCUT2D eigenvalue weighted by atomic mass is 16.7. The smallest absolute Gasteiger partial charge is 0.336 e. The molecule has 0 unspecified atom stereocenters. The molecule has 4 rings (SSSR count). The van der Waals surface area contributed by atoms with Gasteiger partial charge in [0.15, 0.2) is 11.5 Å². The van der Waals surface area contributed by atoms with E-state index in [1.54, 1.807) is 12.1 Å². The van der Waals surface area contributed by atoms with Gasteiger partial charge in [-0.2, -0.15) is 0 Å². The van der Waals surface area contributed by atoms with Crippen LogP contribution in [0, 0.1) is 0 Å². The van der Waals surface area contributed by atoms with Gasteiger partial charge in [0.05, 0.1) is 0 Å². The van der Waals surface area contributed by atoms with Crippen LogP contribution < -0.4 is 14.2 Å². The SMILES string of the molecule is O=C(/C=C/c1ccc2c(c1)OCO2)Oc1ccc2ccccc2c1. The van der Waals surface area contributed by atoms with Gasteiger partial charge in [-0.25, -0.2) is 4.79 Å². The lowest BCUT2D eigenvalue weighted by Crippen LogP contribution is -2.03. The van der Waals surface area contributed by atoms with E-state index >= 15 is 0 Å². The quantitative estimate of drug-likeness (QED) is 0.413. The first-order valence-corrected chi connectivity index (χ1v) is 7.56. The van der Waals surface area contributed by atoms with E-state index < -0.39 is 5.97 Å². The van der Waals surface area contributed by atoms with E-state index in [1.807, 2.05) is 54.6 Å². The number of rotatable bonds is 3. The van der Waals surface area contributed by atoms with Gasteiger partial charge in [0.1, 0.15) is 5.75 Å². The maximum absolute atomic E-state index is 12.0. The minimum atomic E-state index is -0.428. The molecule has 0 aliphatic carbocycles. The molecule has 0 saturated heterocycles. The van der Waals surface area contributed by atoms with Gasteiger partial charge in [-0.3, -0.25) is 0 Å². The molecule has 0 fully saturated rings. The standard InChI is InChI=1S/C20H14O4/c21-20(10-6-14-5-9-18-19(11-14)23-13-22-18)24-17-8-7-15-3-1-2-4-16(15)12-17/h1-12H,13H2/b10-6+. The van der Waals surface area contributed by atoms with Crippen LogP contribution in [0.15, 0.2) is 66.7 Å². The lowest BCUT2D eigenvalue weighted by molar-refractivity contribution is -0.128. The molecule has 24 heavy (non-hydrogen) atoms. The molecule has 0 saturated carbocycles. The second-order valence-electron chi connectivity index (χ2n) is 5.38. The Bertz CT molecular complexity index is 943. The third-order valence-corrected chi connectivity index (χ3v) is 3.75. The summed E-state index contributed by atoms with van der Waals surface area (Å²) < 4.78 is 15.9. The van der Waals surface area contributed by atoms with Crippen LogP contribution in [0.3, 0.4) is 0 Å². The van der Waals surface area contributed by atoms with Crippen LogP contribution >= 0.6 is 0 Å². The Hall–Kier alpha value is -3.27. The van der Waals surface area contributed by atoms with Crippen molar-refractivity contribution < 1.29 is 19.0 Å². The summed E-state index contributed by atoms with van der Waals surface area (Å²) in [7, 11) is 0. The third-order valence-electron chi connectivity index (χ3n) is 3.75. The minimum absolute atomic E-state index is 0.229. The number of fused-ring (bicyclic) bond motifs is 2. The van der Waals surface area contributed by atoms with E-state index in [1.165, 1.54) is 6.08 Å². The Kier molecular flexibility index (Phi) is 3.63. The lowest BCUT2D eigenvalue weighted by atomic mass is 10.1. The fraction of sp³-hybridized carbons (Fsp3) is 0.0500. The van der Waals surface area contributed by atoms with Gasteiger partial charge in [-0.15, -0.1) is 0 Å². The van der Waals surface area contributed by atoms with Gasteiger partial charge in [0, 0.05) is 6.08 Å². The molecular formula is C20H14O4. The number of hydrogen-bond acceptors (Lipinski definition) is 4. The van der Waals surface area contributed by atoms with Crippen molar-refractivity contribution in [2.45, 2.75) is 0 Å². The molecule has 0 radical (unpaired) electrons. The van der Waals surface area contributed by atoms with E-state index in [9.17, 15) is 4.79 Å². The largest absolute Gasteiger partial charge is 0.454 e. The number of carbonyl (C=O) groups excluding carboxylic acids is 1. The molecule has 1 aliphatic heterocycles. The summed E-state index contributed by atoms with van der Waals surface area (Å²) in [6, 6.07) is 19.0. The van der Waals surface area contributed by atoms with Crippen molar-refractivity contribution in [3.8, 4) is 17.2 Å². The fourth-order valence-corrected chi connectivity index (χ4v) is 2.56. The summed E-state index contributed by atoms with van der Waals surface area (Å²) in [5, 5.41) is 2.13. The first-order valence-electron chi connectivity index (χ1n) is 7.56.